The molecule has 1 unspecified atom stereocenters. The zero-order valence-corrected chi connectivity index (χ0v) is 13.2. The molecule has 3 aliphatic heterocycles. The Morgan fingerprint density at radius 2 is 1.81 bits per heavy atom. The predicted molar refractivity (Wildman–Crippen MR) is 84.3 cm³/mol. The molecule has 5 heteroatoms. The molecular weight excluding hydrogens is 264 g/mol. The van der Waals surface area contributed by atoms with Crippen molar-refractivity contribution < 1.29 is 4.79 Å². The van der Waals surface area contributed by atoms with Gasteiger partial charge < -0.3 is 10.2 Å². The monoisotopic (exact) mass is 294 g/mol. The van der Waals surface area contributed by atoms with E-state index in [0.717, 1.165) is 45.7 Å². The van der Waals surface area contributed by atoms with Crippen LogP contribution in [-0.4, -0.2) is 85.6 Å². The van der Waals surface area contributed by atoms with Crippen LogP contribution in [0, 0.1) is 0 Å². The maximum absolute atomic E-state index is 12.4. The van der Waals surface area contributed by atoms with Crippen molar-refractivity contribution in [2.24, 2.45) is 0 Å². The zero-order chi connectivity index (χ0) is 14.5. The summed E-state index contributed by atoms with van der Waals surface area (Å²) < 4.78 is 0. The van der Waals surface area contributed by atoms with Crippen LogP contribution in [0.25, 0.3) is 0 Å². The number of nitrogens with zero attached hydrogens (tertiary/aromatic N) is 3. The fraction of sp³-hybridized carbons (Fsp3) is 0.938. The Morgan fingerprint density at radius 1 is 0.952 bits per heavy atom. The first-order chi connectivity index (χ1) is 10.3. The second-order valence-electron chi connectivity index (χ2n) is 6.76. The van der Waals surface area contributed by atoms with Crippen molar-refractivity contribution in [2.75, 3.05) is 58.9 Å². The van der Waals surface area contributed by atoms with Crippen LogP contribution in [0.2, 0.25) is 0 Å². The quantitative estimate of drug-likeness (QED) is 0.816. The highest BCUT2D eigenvalue weighted by molar-refractivity contribution is 5.78. The Hall–Kier alpha value is -0.650. The molecule has 1 amide bonds. The average molecular weight is 294 g/mol. The number of hydrogen-bond acceptors (Lipinski definition) is 4. The standard InChI is InChI=1S/C16H30N4O/c21-16(20-10-4-6-17-7-12-20)14-18-11-5-15(13-18)19-8-2-1-3-9-19/h15,17H,1-14H2. The van der Waals surface area contributed by atoms with E-state index in [-0.39, 0.29) is 0 Å². The molecule has 3 aliphatic rings. The molecule has 0 saturated carbocycles. The summed E-state index contributed by atoms with van der Waals surface area (Å²) in [6, 6.07) is 0.698. The van der Waals surface area contributed by atoms with E-state index < -0.39 is 0 Å². The molecule has 0 aromatic rings. The van der Waals surface area contributed by atoms with Gasteiger partial charge in [-0.15, -0.1) is 0 Å². The lowest BCUT2D eigenvalue weighted by Gasteiger charge is -2.32. The van der Waals surface area contributed by atoms with Crippen LogP contribution in [0.3, 0.4) is 0 Å². The van der Waals surface area contributed by atoms with E-state index in [0.29, 0.717) is 18.5 Å². The van der Waals surface area contributed by atoms with Crippen LogP contribution in [0.5, 0.6) is 0 Å². The molecule has 3 heterocycles. The van der Waals surface area contributed by atoms with Gasteiger partial charge in [0, 0.05) is 38.8 Å². The highest BCUT2D eigenvalue weighted by atomic mass is 16.2. The third-order valence-electron chi connectivity index (χ3n) is 5.21. The molecule has 5 nitrogen and oxygen atoms in total. The van der Waals surface area contributed by atoms with Crippen LogP contribution in [0.15, 0.2) is 0 Å². The largest absolute Gasteiger partial charge is 0.340 e. The summed E-state index contributed by atoms with van der Waals surface area (Å²) >= 11 is 0. The van der Waals surface area contributed by atoms with Crippen molar-refractivity contribution in [3.8, 4) is 0 Å². The maximum Gasteiger partial charge on any atom is 0.236 e. The van der Waals surface area contributed by atoms with Crippen molar-refractivity contribution >= 4 is 5.91 Å². The Bertz CT molecular complexity index is 335. The summed E-state index contributed by atoms with van der Waals surface area (Å²) in [4.78, 5) is 19.5. The molecule has 3 saturated heterocycles. The van der Waals surface area contributed by atoms with E-state index in [4.69, 9.17) is 0 Å². The average Bonchev–Trinajstić information content (AvgIpc) is 2.81. The molecule has 0 radical (unpaired) electrons. The number of carbonyl (C=O) groups is 1. The lowest BCUT2D eigenvalue weighted by Crippen LogP contribution is -2.44. The van der Waals surface area contributed by atoms with Gasteiger partial charge >= 0.3 is 0 Å². The molecule has 21 heavy (non-hydrogen) atoms. The van der Waals surface area contributed by atoms with Gasteiger partial charge in [-0.05, 0) is 45.3 Å². The Balaban J connectivity index is 1.44. The van der Waals surface area contributed by atoms with E-state index >= 15 is 0 Å². The number of rotatable bonds is 3. The third-order valence-corrected chi connectivity index (χ3v) is 5.21. The molecule has 3 fully saturated rings. The van der Waals surface area contributed by atoms with Crippen molar-refractivity contribution in [3.05, 3.63) is 0 Å². The molecule has 120 valence electrons. The molecule has 0 bridgehead atoms. The van der Waals surface area contributed by atoms with Gasteiger partial charge in [0.2, 0.25) is 5.91 Å². The smallest absolute Gasteiger partial charge is 0.236 e. The van der Waals surface area contributed by atoms with Gasteiger partial charge in [0.05, 0.1) is 6.54 Å². The zero-order valence-electron chi connectivity index (χ0n) is 13.2. The van der Waals surface area contributed by atoms with Crippen molar-refractivity contribution in [1.29, 1.82) is 0 Å². The normalized spacial score (nSPS) is 29.5. The number of hydrogen-bond donors (Lipinski definition) is 1. The van der Waals surface area contributed by atoms with E-state index in [1.165, 1.54) is 38.8 Å². The Morgan fingerprint density at radius 3 is 2.67 bits per heavy atom. The number of piperidine rings is 1. The summed E-state index contributed by atoms with van der Waals surface area (Å²) in [6.07, 6.45) is 6.44. The van der Waals surface area contributed by atoms with E-state index in [9.17, 15) is 4.79 Å². The lowest BCUT2D eigenvalue weighted by molar-refractivity contribution is -0.132. The van der Waals surface area contributed by atoms with E-state index in [2.05, 4.69) is 15.1 Å². The molecule has 0 aromatic heterocycles. The van der Waals surface area contributed by atoms with Crippen LogP contribution < -0.4 is 5.32 Å². The lowest BCUT2D eigenvalue weighted by atomic mass is 10.1. The SMILES string of the molecule is O=C(CN1CCC(N2CCCCC2)C1)N1CCCNCC1. The number of nitrogens with one attached hydrogen (secondary N) is 1. The number of amides is 1. The van der Waals surface area contributed by atoms with Gasteiger partial charge in [0.15, 0.2) is 0 Å². The first kappa shape index (κ1) is 15.3. The summed E-state index contributed by atoms with van der Waals surface area (Å²) in [5, 5.41) is 3.36. The van der Waals surface area contributed by atoms with Gasteiger partial charge in [0.1, 0.15) is 0 Å². The minimum Gasteiger partial charge on any atom is -0.340 e. The van der Waals surface area contributed by atoms with E-state index in [1.807, 2.05) is 4.90 Å². The molecule has 1 atom stereocenters. The van der Waals surface area contributed by atoms with Gasteiger partial charge in [0.25, 0.3) is 0 Å². The van der Waals surface area contributed by atoms with Crippen LogP contribution >= 0.6 is 0 Å². The van der Waals surface area contributed by atoms with Gasteiger partial charge in [-0.25, -0.2) is 0 Å². The van der Waals surface area contributed by atoms with Crippen molar-refractivity contribution in [3.63, 3.8) is 0 Å². The molecule has 3 rings (SSSR count). The molecular formula is C16H30N4O. The Labute approximate surface area is 128 Å². The second kappa shape index (κ2) is 7.56. The second-order valence-corrected chi connectivity index (χ2v) is 6.76. The first-order valence-electron chi connectivity index (χ1n) is 8.78. The topological polar surface area (TPSA) is 38.8 Å². The summed E-state index contributed by atoms with van der Waals surface area (Å²) in [5.41, 5.74) is 0. The fourth-order valence-corrected chi connectivity index (χ4v) is 3.92. The van der Waals surface area contributed by atoms with Gasteiger partial charge in [-0.3, -0.25) is 14.6 Å². The number of carbonyl (C=O) groups excluding carboxylic acids is 1. The maximum atomic E-state index is 12.4. The third kappa shape index (κ3) is 4.18. The van der Waals surface area contributed by atoms with Crippen molar-refractivity contribution in [1.82, 2.24) is 20.0 Å². The molecule has 0 spiro atoms. The van der Waals surface area contributed by atoms with Crippen LogP contribution in [-0.2, 0) is 4.79 Å². The highest BCUT2D eigenvalue weighted by Gasteiger charge is 2.30. The predicted octanol–water partition coefficient (Wildman–Crippen LogP) is 0.369. The van der Waals surface area contributed by atoms with Crippen LogP contribution in [0.4, 0.5) is 0 Å². The van der Waals surface area contributed by atoms with Gasteiger partial charge in [-0.2, -0.15) is 0 Å². The fourth-order valence-electron chi connectivity index (χ4n) is 3.92. The van der Waals surface area contributed by atoms with Crippen LogP contribution in [0.1, 0.15) is 32.1 Å². The highest BCUT2D eigenvalue weighted by Crippen LogP contribution is 2.20. The molecule has 0 aliphatic carbocycles. The minimum absolute atomic E-state index is 0.331. The molecule has 1 N–H and O–H groups in total. The Kier molecular flexibility index (Phi) is 5.49. The summed E-state index contributed by atoms with van der Waals surface area (Å²) in [7, 11) is 0. The first-order valence-corrected chi connectivity index (χ1v) is 8.78. The summed E-state index contributed by atoms with van der Waals surface area (Å²) in [6.45, 7) is 9.15. The molecule has 0 aromatic carbocycles. The summed E-state index contributed by atoms with van der Waals surface area (Å²) in [5.74, 6) is 0.331. The minimum atomic E-state index is 0.331. The van der Waals surface area contributed by atoms with E-state index in [1.54, 1.807) is 0 Å². The number of likely N-dealkylation sites (tertiary alicyclic amines) is 2. The van der Waals surface area contributed by atoms with Crippen molar-refractivity contribution in [2.45, 2.75) is 38.1 Å². The van der Waals surface area contributed by atoms with Gasteiger partial charge in [-0.1, -0.05) is 6.42 Å².